The van der Waals surface area contributed by atoms with Gasteiger partial charge in [0.15, 0.2) is 5.12 Å². The second-order valence-electron chi connectivity index (χ2n) is 5.14. The van der Waals surface area contributed by atoms with Gasteiger partial charge in [0.2, 0.25) is 5.91 Å². The first-order valence-corrected chi connectivity index (χ1v) is 8.28. The van der Waals surface area contributed by atoms with Crippen LogP contribution in [0.1, 0.15) is 28.8 Å². The summed E-state index contributed by atoms with van der Waals surface area (Å²) in [4.78, 5) is 34.7. The minimum Gasteiger partial charge on any atom is -0.478 e. The van der Waals surface area contributed by atoms with Crippen LogP contribution >= 0.6 is 11.8 Å². The normalized spacial score (nSPS) is 11.5. The third kappa shape index (κ3) is 4.96. The van der Waals surface area contributed by atoms with E-state index in [0.717, 1.165) is 17.3 Å². The maximum atomic E-state index is 12.6. The average Bonchev–Trinajstić information content (AvgIpc) is 2.56. The number of hydrogen-bond donors (Lipinski definition) is 2. The monoisotopic (exact) mass is 343 g/mol. The second-order valence-corrected chi connectivity index (χ2v) is 6.33. The summed E-state index contributed by atoms with van der Waals surface area (Å²) < 4.78 is 0. The Morgan fingerprint density at radius 1 is 1.04 bits per heavy atom. The van der Waals surface area contributed by atoms with Crippen LogP contribution in [0.2, 0.25) is 0 Å². The minimum absolute atomic E-state index is 0.0467. The number of hydrogen-bond acceptors (Lipinski definition) is 4. The van der Waals surface area contributed by atoms with Crippen LogP contribution in [0.3, 0.4) is 0 Å². The third-order valence-corrected chi connectivity index (χ3v) is 4.28. The Bertz CT molecular complexity index is 728. The van der Waals surface area contributed by atoms with E-state index in [9.17, 15) is 14.4 Å². The van der Waals surface area contributed by atoms with Crippen LogP contribution in [0, 0.1) is 0 Å². The molecule has 2 aromatic rings. The highest BCUT2D eigenvalue weighted by atomic mass is 32.2. The molecule has 0 radical (unpaired) electrons. The number of rotatable bonds is 6. The maximum Gasteiger partial charge on any atom is 0.335 e. The van der Waals surface area contributed by atoms with Crippen molar-refractivity contribution < 1.29 is 19.5 Å². The van der Waals surface area contributed by atoms with E-state index in [1.165, 1.54) is 19.1 Å². The van der Waals surface area contributed by atoms with Gasteiger partial charge >= 0.3 is 5.97 Å². The van der Waals surface area contributed by atoms with E-state index < -0.39 is 11.9 Å². The molecular formula is C18H17NO4S. The molecule has 24 heavy (non-hydrogen) atoms. The molecule has 0 saturated carbocycles. The topological polar surface area (TPSA) is 83.5 Å². The summed E-state index contributed by atoms with van der Waals surface area (Å²) in [5.74, 6) is -1.39. The molecule has 0 aliphatic rings. The highest BCUT2D eigenvalue weighted by Gasteiger charge is 2.21. The lowest BCUT2D eigenvalue weighted by Crippen LogP contribution is -2.23. The van der Waals surface area contributed by atoms with Gasteiger partial charge in [-0.3, -0.25) is 9.59 Å². The Hall–Kier alpha value is -2.60. The van der Waals surface area contributed by atoms with Crippen LogP contribution in [0.25, 0.3) is 0 Å². The van der Waals surface area contributed by atoms with E-state index in [1.54, 1.807) is 12.1 Å². The molecule has 0 fully saturated rings. The predicted octanol–water partition coefficient (Wildman–Crippen LogP) is 3.39. The van der Waals surface area contributed by atoms with Gasteiger partial charge in [-0.05, 0) is 29.8 Å². The maximum absolute atomic E-state index is 12.6. The Balaban J connectivity index is 2.14. The molecule has 6 heteroatoms. The number of thioether (sulfide) groups is 1. The minimum atomic E-state index is -1.02. The fourth-order valence-electron chi connectivity index (χ4n) is 2.13. The summed E-state index contributed by atoms with van der Waals surface area (Å²) in [5, 5.41) is 11.6. The van der Waals surface area contributed by atoms with Crippen molar-refractivity contribution in [3.05, 3.63) is 65.7 Å². The molecule has 2 aromatic carbocycles. The smallest absolute Gasteiger partial charge is 0.335 e. The first-order chi connectivity index (χ1) is 11.5. The van der Waals surface area contributed by atoms with E-state index in [-0.39, 0.29) is 16.6 Å². The van der Waals surface area contributed by atoms with Gasteiger partial charge in [-0.15, -0.1) is 0 Å². The number of carboxylic acids is 1. The Labute approximate surface area is 144 Å². The Kier molecular flexibility index (Phi) is 6.14. The van der Waals surface area contributed by atoms with E-state index in [2.05, 4.69) is 5.32 Å². The van der Waals surface area contributed by atoms with Crippen molar-refractivity contribution in [1.29, 1.82) is 0 Å². The summed E-state index contributed by atoms with van der Waals surface area (Å²) in [5.41, 5.74) is 1.49. The van der Waals surface area contributed by atoms with Gasteiger partial charge in [0.25, 0.3) is 0 Å². The lowest BCUT2D eigenvalue weighted by atomic mass is 10.00. The fraction of sp³-hybridized carbons (Fsp3) is 0.167. The van der Waals surface area contributed by atoms with Crippen LogP contribution < -0.4 is 5.32 Å². The summed E-state index contributed by atoms with van der Waals surface area (Å²) in [6.45, 7) is 1.47. The van der Waals surface area contributed by atoms with Crippen molar-refractivity contribution in [2.75, 3.05) is 11.1 Å². The number of carboxylic acid groups (broad SMARTS) is 1. The predicted molar refractivity (Wildman–Crippen MR) is 94.4 cm³/mol. The largest absolute Gasteiger partial charge is 0.478 e. The van der Waals surface area contributed by atoms with Crippen molar-refractivity contribution in [1.82, 2.24) is 0 Å². The fourth-order valence-corrected chi connectivity index (χ4v) is 2.88. The van der Waals surface area contributed by atoms with Gasteiger partial charge in [-0.1, -0.05) is 42.1 Å². The molecule has 0 heterocycles. The number of benzene rings is 2. The third-order valence-electron chi connectivity index (χ3n) is 3.37. The highest BCUT2D eigenvalue weighted by molar-refractivity contribution is 8.13. The highest BCUT2D eigenvalue weighted by Crippen LogP contribution is 2.23. The molecule has 124 valence electrons. The SMILES string of the molecule is CC(=O)SCC(C(=O)Nc1ccc(C(=O)O)cc1)c1ccccc1. The summed E-state index contributed by atoms with van der Waals surface area (Å²) in [6.07, 6.45) is 0. The van der Waals surface area contributed by atoms with Gasteiger partial charge in [0, 0.05) is 18.4 Å². The number of carbonyl (C=O) groups is 3. The van der Waals surface area contributed by atoms with Gasteiger partial charge in [0.05, 0.1) is 11.5 Å². The number of nitrogens with one attached hydrogen (secondary N) is 1. The lowest BCUT2D eigenvalue weighted by Gasteiger charge is -2.16. The van der Waals surface area contributed by atoms with Crippen LogP contribution in [-0.4, -0.2) is 27.9 Å². The van der Waals surface area contributed by atoms with Crippen molar-refractivity contribution in [2.24, 2.45) is 0 Å². The summed E-state index contributed by atoms with van der Waals surface area (Å²) in [6, 6.07) is 15.2. The van der Waals surface area contributed by atoms with Crippen LogP contribution in [0.4, 0.5) is 5.69 Å². The van der Waals surface area contributed by atoms with E-state index in [0.29, 0.717) is 11.4 Å². The summed E-state index contributed by atoms with van der Waals surface area (Å²) >= 11 is 1.10. The number of anilines is 1. The van der Waals surface area contributed by atoms with Crippen molar-refractivity contribution >= 4 is 34.4 Å². The standard InChI is InChI=1S/C18H17NO4S/c1-12(20)24-11-16(13-5-3-2-4-6-13)17(21)19-15-9-7-14(8-10-15)18(22)23/h2-10,16H,11H2,1H3,(H,19,21)(H,22,23). The molecule has 5 nitrogen and oxygen atoms in total. The molecule has 1 amide bonds. The first kappa shape index (κ1) is 17.7. The molecule has 0 aromatic heterocycles. The molecule has 0 aliphatic heterocycles. The molecule has 0 aliphatic carbocycles. The van der Waals surface area contributed by atoms with Crippen molar-refractivity contribution in [2.45, 2.75) is 12.8 Å². The Morgan fingerprint density at radius 3 is 2.21 bits per heavy atom. The lowest BCUT2D eigenvalue weighted by molar-refractivity contribution is -0.117. The first-order valence-electron chi connectivity index (χ1n) is 7.30. The zero-order chi connectivity index (χ0) is 17.5. The van der Waals surface area contributed by atoms with Crippen LogP contribution in [-0.2, 0) is 9.59 Å². The molecular weight excluding hydrogens is 326 g/mol. The molecule has 0 saturated heterocycles. The zero-order valence-electron chi connectivity index (χ0n) is 13.1. The quantitative estimate of drug-likeness (QED) is 0.840. The van der Waals surface area contributed by atoms with Crippen LogP contribution in [0.5, 0.6) is 0 Å². The van der Waals surface area contributed by atoms with E-state index in [4.69, 9.17) is 5.11 Å². The second kappa shape index (κ2) is 8.31. The van der Waals surface area contributed by atoms with Crippen LogP contribution in [0.15, 0.2) is 54.6 Å². The number of amides is 1. The van der Waals surface area contributed by atoms with Gasteiger partial charge < -0.3 is 10.4 Å². The molecule has 0 spiro atoms. The van der Waals surface area contributed by atoms with Gasteiger partial charge in [0.1, 0.15) is 0 Å². The van der Waals surface area contributed by atoms with Crippen molar-refractivity contribution in [3.63, 3.8) is 0 Å². The Morgan fingerprint density at radius 2 is 1.67 bits per heavy atom. The van der Waals surface area contributed by atoms with Crippen molar-refractivity contribution in [3.8, 4) is 0 Å². The average molecular weight is 343 g/mol. The van der Waals surface area contributed by atoms with E-state index in [1.807, 2.05) is 30.3 Å². The molecule has 1 unspecified atom stereocenters. The van der Waals surface area contributed by atoms with E-state index >= 15 is 0 Å². The molecule has 2 N–H and O–H groups in total. The molecule has 2 rings (SSSR count). The molecule has 1 atom stereocenters. The zero-order valence-corrected chi connectivity index (χ0v) is 13.9. The summed E-state index contributed by atoms with van der Waals surface area (Å²) in [7, 11) is 0. The van der Waals surface area contributed by atoms with Gasteiger partial charge in [-0.2, -0.15) is 0 Å². The number of aromatic carboxylic acids is 1. The number of carbonyl (C=O) groups excluding carboxylic acids is 2. The van der Waals surface area contributed by atoms with Gasteiger partial charge in [-0.25, -0.2) is 4.79 Å². The molecule has 0 bridgehead atoms.